The van der Waals surface area contributed by atoms with Gasteiger partial charge in [-0.1, -0.05) is 46.3 Å². The summed E-state index contributed by atoms with van der Waals surface area (Å²) in [4.78, 5) is 28.4. The Bertz CT molecular complexity index is 764. The number of hydrogen-bond donors (Lipinski definition) is 0. The Kier molecular flexibility index (Phi) is 5.66. The number of benzene rings is 2. The molecule has 128 valence electrons. The molecule has 25 heavy (non-hydrogen) atoms. The standard InChI is InChI=1S/C20H19BrN2O2/c21-18-9-7-17(8-10-18)20(25)23-14-12-22(13-15-23)19(24)11-6-16-4-2-1-3-5-16/h1-11H,12-15H2/b11-6+. The van der Waals surface area contributed by atoms with E-state index in [0.29, 0.717) is 31.7 Å². The van der Waals surface area contributed by atoms with E-state index in [4.69, 9.17) is 0 Å². The van der Waals surface area contributed by atoms with Gasteiger partial charge in [-0.2, -0.15) is 0 Å². The van der Waals surface area contributed by atoms with Crippen molar-refractivity contribution < 1.29 is 9.59 Å². The van der Waals surface area contributed by atoms with E-state index in [2.05, 4.69) is 15.9 Å². The zero-order valence-electron chi connectivity index (χ0n) is 13.8. The molecule has 0 atom stereocenters. The Morgan fingerprint density at radius 3 is 2.08 bits per heavy atom. The SMILES string of the molecule is O=C(/C=C/c1ccccc1)N1CCN(C(=O)c2ccc(Br)cc2)CC1. The van der Waals surface area contributed by atoms with Gasteiger partial charge in [0.2, 0.25) is 5.91 Å². The molecule has 1 saturated heterocycles. The van der Waals surface area contributed by atoms with Crippen molar-refractivity contribution in [2.45, 2.75) is 0 Å². The first-order valence-electron chi connectivity index (χ1n) is 8.20. The van der Waals surface area contributed by atoms with Crippen molar-refractivity contribution in [1.29, 1.82) is 0 Å². The van der Waals surface area contributed by atoms with E-state index in [1.165, 1.54) is 0 Å². The Morgan fingerprint density at radius 2 is 1.44 bits per heavy atom. The number of piperazine rings is 1. The van der Waals surface area contributed by atoms with Crippen LogP contribution < -0.4 is 0 Å². The lowest BCUT2D eigenvalue weighted by molar-refractivity contribution is -0.127. The van der Waals surface area contributed by atoms with Crippen LogP contribution >= 0.6 is 15.9 Å². The average molecular weight is 399 g/mol. The first-order chi connectivity index (χ1) is 12.1. The lowest BCUT2D eigenvalue weighted by Gasteiger charge is -2.34. The van der Waals surface area contributed by atoms with Crippen LogP contribution in [0.2, 0.25) is 0 Å². The second-order valence-electron chi connectivity index (χ2n) is 5.87. The molecule has 1 heterocycles. The Labute approximate surface area is 155 Å². The van der Waals surface area contributed by atoms with Crippen LogP contribution in [0.25, 0.3) is 6.08 Å². The normalized spacial score (nSPS) is 14.8. The summed E-state index contributed by atoms with van der Waals surface area (Å²) in [5.74, 6) is -0.000907. The summed E-state index contributed by atoms with van der Waals surface area (Å²) in [5.41, 5.74) is 1.67. The quantitative estimate of drug-likeness (QED) is 0.742. The molecule has 0 bridgehead atoms. The summed E-state index contributed by atoms with van der Waals surface area (Å²) in [6.07, 6.45) is 3.42. The summed E-state index contributed by atoms with van der Waals surface area (Å²) in [6, 6.07) is 17.1. The molecule has 3 rings (SSSR count). The first kappa shape index (κ1) is 17.4. The molecule has 2 aromatic rings. The lowest BCUT2D eigenvalue weighted by atomic mass is 10.1. The molecule has 1 aliphatic rings. The molecule has 0 aromatic heterocycles. The third-order valence-corrected chi connectivity index (χ3v) is 4.72. The van der Waals surface area contributed by atoms with Crippen LogP contribution in [0, 0.1) is 0 Å². The summed E-state index contributed by atoms with van der Waals surface area (Å²) < 4.78 is 0.949. The van der Waals surface area contributed by atoms with Gasteiger partial charge in [0.15, 0.2) is 0 Å². The molecule has 2 amide bonds. The summed E-state index contributed by atoms with van der Waals surface area (Å²) in [7, 11) is 0. The highest BCUT2D eigenvalue weighted by Gasteiger charge is 2.23. The minimum absolute atomic E-state index is 0.0134. The highest BCUT2D eigenvalue weighted by atomic mass is 79.9. The zero-order valence-corrected chi connectivity index (χ0v) is 15.4. The summed E-state index contributed by atoms with van der Waals surface area (Å²) in [5, 5.41) is 0. The van der Waals surface area contributed by atoms with E-state index < -0.39 is 0 Å². The fourth-order valence-electron chi connectivity index (χ4n) is 2.74. The third-order valence-electron chi connectivity index (χ3n) is 4.19. The molecule has 5 heteroatoms. The number of carbonyl (C=O) groups excluding carboxylic acids is 2. The highest BCUT2D eigenvalue weighted by molar-refractivity contribution is 9.10. The number of nitrogens with zero attached hydrogens (tertiary/aromatic N) is 2. The van der Waals surface area contributed by atoms with Gasteiger partial charge in [0.25, 0.3) is 5.91 Å². The van der Waals surface area contributed by atoms with Gasteiger partial charge in [-0.3, -0.25) is 9.59 Å². The van der Waals surface area contributed by atoms with Crippen molar-refractivity contribution in [3.8, 4) is 0 Å². The largest absolute Gasteiger partial charge is 0.336 e. The van der Waals surface area contributed by atoms with Crippen molar-refractivity contribution in [1.82, 2.24) is 9.80 Å². The van der Waals surface area contributed by atoms with E-state index in [1.807, 2.05) is 60.7 Å². The fraction of sp³-hybridized carbons (Fsp3) is 0.200. The maximum absolute atomic E-state index is 12.5. The monoisotopic (exact) mass is 398 g/mol. The molecule has 2 aromatic carbocycles. The average Bonchev–Trinajstić information content (AvgIpc) is 2.67. The van der Waals surface area contributed by atoms with Crippen LogP contribution in [0.3, 0.4) is 0 Å². The van der Waals surface area contributed by atoms with E-state index in [-0.39, 0.29) is 11.8 Å². The second kappa shape index (κ2) is 8.12. The van der Waals surface area contributed by atoms with Crippen LogP contribution in [0.4, 0.5) is 0 Å². The van der Waals surface area contributed by atoms with Gasteiger partial charge < -0.3 is 9.80 Å². The molecular formula is C20H19BrN2O2. The molecule has 0 radical (unpaired) electrons. The van der Waals surface area contributed by atoms with E-state index in [0.717, 1.165) is 10.0 Å². The molecule has 0 aliphatic carbocycles. The van der Waals surface area contributed by atoms with E-state index in [1.54, 1.807) is 15.9 Å². The molecule has 1 aliphatic heterocycles. The number of hydrogen-bond acceptors (Lipinski definition) is 2. The zero-order chi connectivity index (χ0) is 17.6. The van der Waals surface area contributed by atoms with Gasteiger partial charge in [-0.15, -0.1) is 0 Å². The van der Waals surface area contributed by atoms with Crippen molar-refractivity contribution in [3.63, 3.8) is 0 Å². The van der Waals surface area contributed by atoms with Crippen LogP contribution in [-0.4, -0.2) is 47.8 Å². The van der Waals surface area contributed by atoms with Gasteiger partial charge in [0, 0.05) is 42.3 Å². The molecule has 0 unspecified atom stereocenters. The van der Waals surface area contributed by atoms with Crippen LogP contribution in [0.1, 0.15) is 15.9 Å². The fourth-order valence-corrected chi connectivity index (χ4v) is 3.01. The van der Waals surface area contributed by atoms with E-state index >= 15 is 0 Å². The smallest absolute Gasteiger partial charge is 0.253 e. The number of rotatable bonds is 3. The molecule has 1 fully saturated rings. The second-order valence-corrected chi connectivity index (χ2v) is 6.78. The van der Waals surface area contributed by atoms with Crippen LogP contribution in [0.15, 0.2) is 65.1 Å². The molecule has 0 N–H and O–H groups in total. The minimum Gasteiger partial charge on any atom is -0.336 e. The predicted molar refractivity (Wildman–Crippen MR) is 102 cm³/mol. The van der Waals surface area contributed by atoms with Gasteiger partial charge in [-0.25, -0.2) is 0 Å². The van der Waals surface area contributed by atoms with Gasteiger partial charge in [0.05, 0.1) is 0 Å². The van der Waals surface area contributed by atoms with Crippen molar-refractivity contribution in [3.05, 3.63) is 76.3 Å². The Morgan fingerprint density at radius 1 is 0.840 bits per heavy atom. The maximum Gasteiger partial charge on any atom is 0.253 e. The third kappa shape index (κ3) is 4.57. The van der Waals surface area contributed by atoms with Crippen molar-refractivity contribution >= 4 is 33.8 Å². The summed E-state index contributed by atoms with van der Waals surface area (Å²) in [6.45, 7) is 2.22. The molecular weight excluding hydrogens is 380 g/mol. The highest BCUT2D eigenvalue weighted by Crippen LogP contribution is 2.14. The van der Waals surface area contributed by atoms with Gasteiger partial charge >= 0.3 is 0 Å². The Hall–Kier alpha value is -2.40. The van der Waals surface area contributed by atoms with Crippen LogP contribution in [0.5, 0.6) is 0 Å². The predicted octanol–water partition coefficient (Wildman–Crippen LogP) is 3.45. The molecule has 0 spiro atoms. The molecule has 0 saturated carbocycles. The topological polar surface area (TPSA) is 40.6 Å². The van der Waals surface area contributed by atoms with Crippen LogP contribution in [-0.2, 0) is 4.79 Å². The van der Waals surface area contributed by atoms with Gasteiger partial charge in [0.1, 0.15) is 0 Å². The van der Waals surface area contributed by atoms with Crippen molar-refractivity contribution in [2.24, 2.45) is 0 Å². The molecule has 4 nitrogen and oxygen atoms in total. The van der Waals surface area contributed by atoms with E-state index in [9.17, 15) is 9.59 Å². The first-order valence-corrected chi connectivity index (χ1v) is 9.00. The van der Waals surface area contributed by atoms with Crippen molar-refractivity contribution in [2.75, 3.05) is 26.2 Å². The Balaban J connectivity index is 1.54. The number of halogens is 1. The van der Waals surface area contributed by atoms with Gasteiger partial charge in [-0.05, 0) is 35.9 Å². The lowest BCUT2D eigenvalue weighted by Crippen LogP contribution is -2.50. The number of amides is 2. The number of carbonyl (C=O) groups is 2. The maximum atomic E-state index is 12.5. The minimum atomic E-state index is -0.0143. The summed E-state index contributed by atoms with van der Waals surface area (Å²) >= 11 is 3.37.